The molecule has 0 bridgehead atoms. The maximum Gasteiger partial charge on any atom is 0.230 e. The van der Waals surface area contributed by atoms with Crippen LogP contribution in [0.3, 0.4) is 0 Å². The molecule has 1 unspecified atom stereocenters. The van der Waals surface area contributed by atoms with Crippen molar-refractivity contribution in [2.75, 3.05) is 11.9 Å². The van der Waals surface area contributed by atoms with Crippen molar-refractivity contribution in [1.29, 1.82) is 0 Å². The lowest BCUT2D eigenvalue weighted by atomic mass is 9.98. The summed E-state index contributed by atoms with van der Waals surface area (Å²) in [5.41, 5.74) is 1.97. The van der Waals surface area contributed by atoms with Gasteiger partial charge in [-0.25, -0.2) is 4.39 Å². The van der Waals surface area contributed by atoms with Crippen LogP contribution >= 0.6 is 0 Å². The summed E-state index contributed by atoms with van der Waals surface area (Å²) < 4.78 is 14.4. The summed E-state index contributed by atoms with van der Waals surface area (Å²) in [4.78, 5) is 35.5. The Hall–Kier alpha value is -3.55. The van der Waals surface area contributed by atoms with Gasteiger partial charge in [0.05, 0.1) is 11.4 Å². The third-order valence-corrected chi connectivity index (χ3v) is 5.12. The number of anilines is 1. The summed E-state index contributed by atoms with van der Waals surface area (Å²) >= 11 is 0. The highest BCUT2D eigenvalue weighted by molar-refractivity contribution is 6.02. The summed E-state index contributed by atoms with van der Waals surface area (Å²) in [6.45, 7) is 1.72. The molecule has 1 saturated heterocycles. The lowest BCUT2D eigenvalue weighted by molar-refractivity contribution is -0.126. The lowest BCUT2D eigenvalue weighted by Gasteiger charge is -2.21. The molecular weight excluding hydrogens is 375 g/mol. The van der Waals surface area contributed by atoms with Gasteiger partial charge in [0.15, 0.2) is 11.6 Å². The molecule has 1 atom stereocenters. The van der Waals surface area contributed by atoms with Gasteiger partial charge in [-0.3, -0.25) is 19.5 Å². The number of rotatable bonds is 4. The molecule has 2 heterocycles. The van der Waals surface area contributed by atoms with Gasteiger partial charge in [-0.05, 0) is 49.2 Å². The van der Waals surface area contributed by atoms with E-state index in [0.29, 0.717) is 52.8 Å². The molecule has 3 N–H and O–H groups in total. The number of aromatic nitrogens is 2. The summed E-state index contributed by atoms with van der Waals surface area (Å²) in [5, 5.41) is 13.1. The molecule has 0 aliphatic carbocycles. The SMILES string of the molecule is CC(=O)c1ccc(F)c(-c2ccc3[nH]nc(NC(=O)C4CCC(=O)NC4)c3c2)c1. The van der Waals surface area contributed by atoms with Crippen LogP contribution in [0.4, 0.5) is 10.2 Å². The van der Waals surface area contributed by atoms with Crippen LogP contribution in [0.15, 0.2) is 36.4 Å². The van der Waals surface area contributed by atoms with Crippen molar-refractivity contribution in [2.24, 2.45) is 5.92 Å². The highest BCUT2D eigenvalue weighted by Gasteiger charge is 2.25. The van der Waals surface area contributed by atoms with Crippen LogP contribution in [-0.4, -0.2) is 34.3 Å². The topological polar surface area (TPSA) is 104 Å². The van der Waals surface area contributed by atoms with Gasteiger partial charge >= 0.3 is 0 Å². The highest BCUT2D eigenvalue weighted by atomic mass is 19.1. The largest absolute Gasteiger partial charge is 0.355 e. The number of carbonyl (C=O) groups excluding carboxylic acids is 3. The van der Waals surface area contributed by atoms with E-state index in [2.05, 4.69) is 20.8 Å². The average molecular weight is 394 g/mol. The Balaban J connectivity index is 1.65. The fourth-order valence-corrected chi connectivity index (χ4v) is 3.42. The zero-order chi connectivity index (χ0) is 20.5. The number of Topliss-reactive ketones (excluding diaryl/α,β-unsaturated/α-hetero) is 1. The van der Waals surface area contributed by atoms with Gasteiger partial charge in [-0.2, -0.15) is 5.10 Å². The molecule has 2 amide bonds. The van der Waals surface area contributed by atoms with E-state index < -0.39 is 5.82 Å². The van der Waals surface area contributed by atoms with Crippen molar-refractivity contribution >= 4 is 34.3 Å². The fraction of sp³-hybridized carbons (Fsp3) is 0.238. The van der Waals surface area contributed by atoms with Crippen LogP contribution in [0.1, 0.15) is 30.1 Å². The predicted octanol–water partition coefficient (Wildman–Crippen LogP) is 3.04. The number of benzene rings is 2. The van der Waals surface area contributed by atoms with Gasteiger partial charge in [-0.1, -0.05) is 6.07 Å². The first-order valence-electron chi connectivity index (χ1n) is 9.29. The molecular formula is C21H19FN4O3. The summed E-state index contributed by atoms with van der Waals surface area (Å²) in [5.74, 6) is -0.865. The van der Waals surface area contributed by atoms with Crippen LogP contribution in [0, 0.1) is 11.7 Å². The zero-order valence-corrected chi connectivity index (χ0v) is 15.7. The minimum Gasteiger partial charge on any atom is -0.355 e. The minimum absolute atomic E-state index is 0.0567. The number of aromatic amines is 1. The molecule has 1 aliphatic rings. The Kier molecular flexibility index (Phi) is 4.84. The normalized spacial score (nSPS) is 16.5. The minimum atomic E-state index is -0.443. The Morgan fingerprint density at radius 2 is 2.03 bits per heavy atom. The van der Waals surface area contributed by atoms with E-state index >= 15 is 0 Å². The summed E-state index contributed by atoms with van der Waals surface area (Å²) in [7, 11) is 0. The smallest absolute Gasteiger partial charge is 0.230 e. The van der Waals surface area contributed by atoms with Gasteiger partial charge in [0.2, 0.25) is 11.8 Å². The molecule has 2 aromatic carbocycles. The molecule has 29 heavy (non-hydrogen) atoms. The van der Waals surface area contributed by atoms with Crippen molar-refractivity contribution in [1.82, 2.24) is 15.5 Å². The fourth-order valence-electron chi connectivity index (χ4n) is 3.42. The number of fused-ring (bicyclic) bond motifs is 1. The molecule has 148 valence electrons. The number of hydrogen-bond acceptors (Lipinski definition) is 4. The van der Waals surface area contributed by atoms with E-state index in [0.717, 1.165) is 0 Å². The number of nitrogens with one attached hydrogen (secondary N) is 3. The number of piperidine rings is 1. The van der Waals surface area contributed by atoms with Crippen LogP contribution in [0.5, 0.6) is 0 Å². The zero-order valence-electron chi connectivity index (χ0n) is 15.7. The Morgan fingerprint density at radius 1 is 1.21 bits per heavy atom. The molecule has 0 saturated carbocycles. The van der Waals surface area contributed by atoms with Crippen LogP contribution in [0.25, 0.3) is 22.0 Å². The number of ketones is 1. The molecule has 7 nitrogen and oxygen atoms in total. The van der Waals surface area contributed by atoms with Crippen molar-refractivity contribution in [3.05, 3.63) is 47.8 Å². The van der Waals surface area contributed by atoms with Gasteiger partial charge in [0.25, 0.3) is 0 Å². The van der Waals surface area contributed by atoms with Crippen LogP contribution in [0.2, 0.25) is 0 Å². The number of nitrogens with zero attached hydrogens (tertiary/aromatic N) is 1. The van der Waals surface area contributed by atoms with E-state index in [9.17, 15) is 18.8 Å². The molecule has 0 spiro atoms. The highest BCUT2D eigenvalue weighted by Crippen LogP contribution is 2.30. The predicted molar refractivity (Wildman–Crippen MR) is 106 cm³/mol. The first-order valence-corrected chi connectivity index (χ1v) is 9.29. The first kappa shape index (κ1) is 18.8. The standard InChI is InChI=1S/C21H19FN4O3/c1-11(27)12-2-5-17(22)15(8-12)13-3-6-18-16(9-13)20(26-25-18)24-21(29)14-4-7-19(28)23-10-14/h2-3,5-6,8-9,14H,4,7,10H2,1H3,(H,23,28)(H2,24,25,26,29). The van der Waals surface area contributed by atoms with Crippen molar-refractivity contribution in [3.8, 4) is 11.1 Å². The number of halogens is 1. The van der Waals surface area contributed by atoms with Crippen LogP contribution < -0.4 is 10.6 Å². The van der Waals surface area contributed by atoms with Crippen molar-refractivity contribution in [3.63, 3.8) is 0 Å². The second-order valence-electron chi connectivity index (χ2n) is 7.11. The second kappa shape index (κ2) is 7.46. The van der Waals surface area contributed by atoms with Gasteiger partial charge in [0, 0.05) is 29.5 Å². The van der Waals surface area contributed by atoms with E-state index in [1.54, 1.807) is 18.2 Å². The molecule has 3 aromatic rings. The Bertz CT molecular complexity index is 1130. The first-order chi connectivity index (χ1) is 13.9. The molecule has 1 aromatic heterocycles. The van der Waals surface area contributed by atoms with E-state index in [1.807, 2.05) is 0 Å². The van der Waals surface area contributed by atoms with E-state index in [1.165, 1.54) is 25.1 Å². The number of H-pyrrole nitrogens is 1. The third-order valence-electron chi connectivity index (χ3n) is 5.12. The number of carbonyl (C=O) groups is 3. The second-order valence-corrected chi connectivity index (χ2v) is 7.11. The maximum absolute atomic E-state index is 14.4. The van der Waals surface area contributed by atoms with Gasteiger partial charge in [0.1, 0.15) is 5.82 Å². The monoisotopic (exact) mass is 394 g/mol. The van der Waals surface area contributed by atoms with Crippen molar-refractivity contribution in [2.45, 2.75) is 19.8 Å². The molecule has 1 fully saturated rings. The number of amides is 2. The Morgan fingerprint density at radius 3 is 2.76 bits per heavy atom. The molecule has 1 aliphatic heterocycles. The third kappa shape index (κ3) is 3.73. The maximum atomic E-state index is 14.4. The van der Waals surface area contributed by atoms with Crippen molar-refractivity contribution < 1.29 is 18.8 Å². The molecule has 0 radical (unpaired) electrons. The summed E-state index contributed by atoms with van der Waals surface area (Å²) in [6, 6.07) is 9.43. The van der Waals surface area contributed by atoms with Gasteiger partial charge < -0.3 is 10.6 Å². The van der Waals surface area contributed by atoms with E-state index in [4.69, 9.17) is 0 Å². The van der Waals surface area contributed by atoms with E-state index in [-0.39, 0.29) is 23.5 Å². The quantitative estimate of drug-likeness (QED) is 0.592. The Labute approximate surface area is 165 Å². The lowest BCUT2D eigenvalue weighted by Crippen LogP contribution is -2.40. The average Bonchev–Trinajstić information content (AvgIpc) is 3.10. The van der Waals surface area contributed by atoms with Crippen LogP contribution in [-0.2, 0) is 9.59 Å². The summed E-state index contributed by atoms with van der Waals surface area (Å²) in [6.07, 6.45) is 0.795. The molecule has 4 rings (SSSR count). The number of hydrogen-bond donors (Lipinski definition) is 3. The van der Waals surface area contributed by atoms with Gasteiger partial charge in [-0.15, -0.1) is 0 Å². The molecule has 8 heteroatoms.